The summed E-state index contributed by atoms with van der Waals surface area (Å²) in [5.41, 5.74) is 6.66. The van der Waals surface area contributed by atoms with E-state index in [9.17, 15) is 0 Å². The fourth-order valence-electron chi connectivity index (χ4n) is 1.44. The van der Waals surface area contributed by atoms with E-state index in [1.54, 1.807) is 6.20 Å². The molecule has 1 aromatic rings. The van der Waals surface area contributed by atoms with E-state index in [0.29, 0.717) is 6.54 Å². The maximum absolute atomic E-state index is 8.49. The molecule has 0 fully saturated rings. The van der Waals surface area contributed by atoms with E-state index in [1.807, 2.05) is 25.3 Å². The van der Waals surface area contributed by atoms with Crippen molar-refractivity contribution in [2.45, 2.75) is 13.3 Å². The monoisotopic (exact) mass is 222 g/mol. The Morgan fingerprint density at radius 1 is 1.62 bits per heavy atom. The van der Waals surface area contributed by atoms with Gasteiger partial charge >= 0.3 is 0 Å². The Balaban J connectivity index is 2.40. The fourth-order valence-corrected chi connectivity index (χ4v) is 1.44. The average molecular weight is 222 g/mol. The molecule has 16 heavy (non-hydrogen) atoms. The second-order valence-electron chi connectivity index (χ2n) is 3.57. The third-order valence-corrected chi connectivity index (χ3v) is 2.40. The van der Waals surface area contributed by atoms with Gasteiger partial charge in [-0.2, -0.15) is 0 Å². The van der Waals surface area contributed by atoms with Gasteiger partial charge in [0.05, 0.1) is 6.54 Å². The number of nitrogens with two attached hydrogens (primary N) is 1. The van der Waals surface area contributed by atoms with Crippen LogP contribution in [0.1, 0.15) is 12.5 Å². The molecule has 1 rings (SSSR count). The molecule has 0 radical (unpaired) electrons. The number of hydrogen-bond donors (Lipinski definition) is 2. The first kappa shape index (κ1) is 12.4. The van der Waals surface area contributed by atoms with Crippen molar-refractivity contribution in [1.29, 1.82) is 0 Å². The van der Waals surface area contributed by atoms with Gasteiger partial charge in [0.1, 0.15) is 0 Å². The Morgan fingerprint density at radius 3 is 3.00 bits per heavy atom. The lowest BCUT2D eigenvalue weighted by Crippen LogP contribution is -2.35. The van der Waals surface area contributed by atoms with E-state index in [-0.39, 0.29) is 5.84 Å². The van der Waals surface area contributed by atoms with E-state index < -0.39 is 0 Å². The SMILES string of the molecule is CCN(CCc1cccnc1)CC(N)=NO. The summed E-state index contributed by atoms with van der Waals surface area (Å²) in [6, 6.07) is 3.97. The number of aromatic nitrogens is 1. The van der Waals surface area contributed by atoms with E-state index in [0.717, 1.165) is 19.5 Å². The Bertz CT molecular complexity index is 326. The Morgan fingerprint density at radius 2 is 2.44 bits per heavy atom. The molecule has 0 saturated heterocycles. The molecule has 88 valence electrons. The molecule has 0 aliphatic carbocycles. The predicted molar refractivity (Wildman–Crippen MR) is 63.5 cm³/mol. The molecule has 0 saturated carbocycles. The molecule has 0 amide bonds. The summed E-state index contributed by atoms with van der Waals surface area (Å²) in [7, 11) is 0. The van der Waals surface area contributed by atoms with Crippen LogP contribution in [-0.2, 0) is 6.42 Å². The van der Waals surface area contributed by atoms with Crippen LogP contribution in [0.5, 0.6) is 0 Å². The lowest BCUT2D eigenvalue weighted by atomic mass is 10.2. The summed E-state index contributed by atoms with van der Waals surface area (Å²) in [6.45, 7) is 4.29. The molecule has 0 spiro atoms. The minimum atomic E-state index is 0.244. The molecule has 5 nitrogen and oxygen atoms in total. The number of oxime groups is 1. The van der Waals surface area contributed by atoms with Crippen LogP contribution in [0.2, 0.25) is 0 Å². The zero-order valence-corrected chi connectivity index (χ0v) is 9.50. The zero-order valence-electron chi connectivity index (χ0n) is 9.50. The van der Waals surface area contributed by atoms with Crippen LogP contribution in [0.25, 0.3) is 0 Å². The molecule has 0 aromatic carbocycles. The molecule has 5 heteroatoms. The second-order valence-corrected chi connectivity index (χ2v) is 3.57. The smallest absolute Gasteiger partial charge is 0.153 e. The molecule has 3 N–H and O–H groups in total. The number of nitrogens with zero attached hydrogens (tertiary/aromatic N) is 3. The van der Waals surface area contributed by atoms with Crippen LogP contribution in [0.15, 0.2) is 29.7 Å². The van der Waals surface area contributed by atoms with Crippen molar-refractivity contribution < 1.29 is 5.21 Å². The Labute approximate surface area is 95.6 Å². The summed E-state index contributed by atoms with van der Waals surface area (Å²) in [5.74, 6) is 0.244. The summed E-state index contributed by atoms with van der Waals surface area (Å²) >= 11 is 0. The van der Waals surface area contributed by atoms with Gasteiger partial charge in [0, 0.05) is 18.9 Å². The van der Waals surface area contributed by atoms with Crippen LogP contribution in [0.4, 0.5) is 0 Å². The number of likely N-dealkylation sites (N-methyl/N-ethyl adjacent to an activating group) is 1. The minimum Gasteiger partial charge on any atom is -0.409 e. The van der Waals surface area contributed by atoms with Gasteiger partial charge in [-0.05, 0) is 24.6 Å². The van der Waals surface area contributed by atoms with Gasteiger partial charge in [0.2, 0.25) is 0 Å². The quantitative estimate of drug-likeness (QED) is 0.321. The predicted octanol–water partition coefficient (Wildman–Crippen LogP) is 0.692. The van der Waals surface area contributed by atoms with Crippen molar-refractivity contribution in [3.8, 4) is 0 Å². The second kappa shape index (κ2) is 6.79. The maximum atomic E-state index is 8.49. The van der Waals surface area contributed by atoms with E-state index in [1.165, 1.54) is 5.56 Å². The molecule has 0 aliphatic rings. The van der Waals surface area contributed by atoms with Gasteiger partial charge in [-0.25, -0.2) is 0 Å². The van der Waals surface area contributed by atoms with Crippen molar-refractivity contribution in [3.05, 3.63) is 30.1 Å². The third-order valence-electron chi connectivity index (χ3n) is 2.40. The number of rotatable bonds is 6. The average Bonchev–Trinajstić information content (AvgIpc) is 2.35. The van der Waals surface area contributed by atoms with Crippen LogP contribution in [0.3, 0.4) is 0 Å². The summed E-state index contributed by atoms with van der Waals surface area (Å²) in [6.07, 6.45) is 4.54. The highest BCUT2D eigenvalue weighted by Crippen LogP contribution is 1.99. The van der Waals surface area contributed by atoms with Crippen LogP contribution < -0.4 is 5.73 Å². The molecule has 0 atom stereocenters. The van der Waals surface area contributed by atoms with Gasteiger partial charge in [-0.3, -0.25) is 9.88 Å². The summed E-state index contributed by atoms with van der Waals surface area (Å²) < 4.78 is 0. The van der Waals surface area contributed by atoms with Crippen molar-refractivity contribution in [1.82, 2.24) is 9.88 Å². The largest absolute Gasteiger partial charge is 0.409 e. The summed E-state index contributed by atoms with van der Waals surface area (Å²) in [5, 5.41) is 11.5. The summed E-state index contributed by atoms with van der Waals surface area (Å²) in [4.78, 5) is 6.17. The van der Waals surface area contributed by atoms with Crippen molar-refractivity contribution in [2.75, 3.05) is 19.6 Å². The van der Waals surface area contributed by atoms with E-state index in [4.69, 9.17) is 10.9 Å². The molecule has 0 bridgehead atoms. The Hall–Kier alpha value is -1.62. The van der Waals surface area contributed by atoms with Crippen molar-refractivity contribution in [2.24, 2.45) is 10.9 Å². The maximum Gasteiger partial charge on any atom is 0.153 e. The van der Waals surface area contributed by atoms with Crippen LogP contribution in [0, 0.1) is 0 Å². The van der Waals surface area contributed by atoms with Crippen LogP contribution in [-0.4, -0.2) is 40.6 Å². The molecule has 1 aromatic heterocycles. The van der Waals surface area contributed by atoms with Gasteiger partial charge in [0.15, 0.2) is 5.84 Å². The topological polar surface area (TPSA) is 74.7 Å². The highest BCUT2D eigenvalue weighted by Gasteiger charge is 2.05. The number of pyridine rings is 1. The first-order chi connectivity index (χ1) is 7.76. The van der Waals surface area contributed by atoms with Gasteiger partial charge in [0.25, 0.3) is 0 Å². The number of hydrogen-bond acceptors (Lipinski definition) is 4. The van der Waals surface area contributed by atoms with Crippen LogP contribution >= 0.6 is 0 Å². The highest BCUT2D eigenvalue weighted by molar-refractivity contribution is 5.81. The standard InChI is InChI=1S/C11H18N4O/c1-2-15(9-11(12)14-16)7-5-10-4-3-6-13-8-10/h3-4,6,8,16H,2,5,7,9H2,1H3,(H2,12,14). The number of amidine groups is 1. The third kappa shape index (κ3) is 4.27. The zero-order chi connectivity index (χ0) is 11.8. The normalized spacial score (nSPS) is 12.0. The Kier molecular flexibility index (Phi) is 5.28. The minimum absolute atomic E-state index is 0.244. The van der Waals surface area contributed by atoms with Crippen molar-refractivity contribution >= 4 is 5.84 Å². The highest BCUT2D eigenvalue weighted by atomic mass is 16.4. The molecule has 0 aliphatic heterocycles. The van der Waals surface area contributed by atoms with E-state index in [2.05, 4.69) is 15.0 Å². The molecular formula is C11H18N4O. The van der Waals surface area contributed by atoms with E-state index >= 15 is 0 Å². The van der Waals surface area contributed by atoms with Crippen molar-refractivity contribution in [3.63, 3.8) is 0 Å². The lowest BCUT2D eigenvalue weighted by Gasteiger charge is -2.19. The molecule has 1 heterocycles. The lowest BCUT2D eigenvalue weighted by molar-refractivity contribution is 0.300. The first-order valence-corrected chi connectivity index (χ1v) is 5.34. The van der Waals surface area contributed by atoms with Gasteiger partial charge in [-0.15, -0.1) is 0 Å². The molecular weight excluding hydrogens is 204 g/mol. The van der Waals surface area contributed by atoms with Gasteiger partial charge in [-0.1, -0.05) is 18.1 Å². The van der Waals surface area contributed by atoms with Gasteiger partial charge < -0.3 is 10.9 Å². The fraction of sp³-hybridized carbons (Fsp3) is 0.455. The first-order valence-electron chi connectivity index (χ1n) is 5.34. The molecule has 0 unspecified atom stereocenters.